The first-order valence-electron chi connectivity index (χ1n) is 12.9. The van der Waals surface area contributed by atoms with Crippen LogP contribution >= 0.6 is 0 Å². The summed E-state index contributed by atoms with van der Waals surface area (Å²) in [6.45, 7) is 8.12. The molecule has 0 bridgehead atoms. The molecule has 37 heavy (non-hydrogen) atoms. The quantitative estimate of drug-likeness (QED) is 0.299. The third-order valence-corrected chi connectivity index (χ3v) is 6.63. The van der Waals surface area contributed by atoms with Crippen molar-refractivity contribution in [3.05, 3.63) is 56.6 Å². The predicted molar refractivity (Wildman–Crippen MR) is 140 cm³/mol. The third-order valence-electron chi connectivity index (χ3n) is 6.63. The monoisotopic (exact) mass is 516 g/mol. The van der Waals surface area contributed by atoms with Gasteiger partial charge < -0.3 is 19.0 Å². The molecule has 0 spiro atoms. The molecule has 2 aromatic rings. The van der Waals surface area contributed by atoms with E-state index in [1.807, 2.05) is 27.7 Å². The summed E-state index contributed by atoms with van der Waals surface area (Å²) in [7, 11) is 0. The number of hydrogen-bond donors (Lipinski definition) is 2. The van der Waals surface area contributed by atoms with E-state index < -0.39 is 22.4 Å². The van der Waals surface area contributed by atoms with Crippen LogP contribution in [0.1, 0.15) is 96.8 Å². The molecule has 2 N–H and O–H groups in total. The maximum atomic E-state index is 12.3. The minimum absolute atomic E-state index is 0.136. The highest BCUT2D eigenvalue weighted by atomic mass is 16.4. The van der Waals surface area contributed by atoms with Crippen molar-refractivity contribution >= 4 is 11.6 Å². The zero-order valence-electron chi connectivity index (χ0n) is 22.4. The first kappa shape index (κ1) is 30.1. The molecule has 0 aliphatic carbocycles. The van der Waals surface area contributed by atoms with E-state index in [0.29, 0.717) is 69.1 Å². The molecule has 0 saturated heterocycles. The summed E-state index contributed by atoms with van der Waals surface area (Å²) < 4.78 is 10.3. The summed E-state index contributed by atoms with van der Waals surface area (Å²) in [5.41, 5.74) is -0.852. The van der Waals surface area contributed by atoms with Crippen molar-refractivity contribution in [2.75, 3.05) is 0 Å². The Morgan fingerprint density at radius 2 is 1.30 bits per heavy atom. The molecular formula is C29H40O8. The minimum Gasteiger partial charge on any atom is -0.502 e. The minimum atomic E-state index is -0.465. The van der Waals surface area contributed by atoms with E-state index in [2.05, 4.69) is 0 Å². The zero-order chi connectivity index (χ0) is 27.6. The van der Waals surface area contributed by atoms with Gasteiger partial charge in [0.25, 0.3) is 0 Å². The first-order chi connectivity index (χ1) is 17.3. The number of ketones is 2. The number of aromatic hydroxyl groups is 2. The number of rotatable bonds is 16. The molecule has 8 heteroatoms. The van der Waals surface area contributed by atoms with Gasteiger partial charge in [-0.15, -0.1) is 0 Å². The Kier molecular flexibility index (Phi) is 10.9. The van der Waals surface area contributed by atoms with Crippen LogP contribution in [0.5, 0.6) is 11.5 Å². The molecule has 8 nitrogen and oxygen atoms in total. The van der Waals surface area contributed by atoms with Crippen LogP contribution < -0.4 is 10.9 Å². The van der Waals surface area contributed by atoms with Crippen LogP contribution in [0.15, 0.2) is 43.3 Å². The van der Waals surface area contributed by atoms with Crippen LogP contribution in [0, 0.1) is 10.8 Å². The van der Waals surface area contributed by atoms with Crippen molar-refractivity contribution in [1.82, 2.24) is 0 Å². The molecule has 0 aromatic carbocycles. The van der Waals surface area contributed by atoms with Crippen LogP contribution in [0.3, 0.4) is 0 Å². The number of carbonyl (C=O) groups excluding carboxylic acids is 2. The maximum absolute atomic E-state index is 12.3. The van der Waals surface area contributed by atoms with Gasteiger partial charge in [-0.05, 0) is 49.4 Å². The molecular weight excluding hydrogens is 476 g/mol. The lowest BCUT2D eigenvalue weighted by Crippen LogP contribution is -2.20. The Morgan fingerprint density at radius 3 is 1.86 bits per heavy atom. The SMILES string of the molecule is CC(C)(CCCC(=O)CCCC(=O)CCCC(C)(C)Cc1cocc(O)c1=O)Cc1cc(=O)c(O)co1. The second-order valence-electron chi connectivity index (χ2n) is 11.5. The van der Waals surface area contributed by atoms with E-state index in [0.717, 1.165) is 25.4 Å². The van der Waals surface area contributed by atoms with Crippen LogP contribution in [-0.4, -0.2) is 21.8 Å². The third kappa shape index (κ3) is 10.8. The van der Waals surface area contributed by atoms with E-state index in [1.165, 1.54) is 12.3 Å². The lowest BCUT2D eigenvalue weighted by Gasteiger charge is -2.24. The normalized spacial score (nSPS) is 12.0. The highest BCUT2D eigenvalue weighted by Crippen LogP contribution is 2.29. The van der Waals surface area contributed by atoms with Gasteiger partial charge in [0.15, 0.2) is 11.5 Å². The average molecular weight is 517 g/mol. The van der Waals surface area contributed by atoms with Gasteiger partial charge in [0.05, 0.1) is 6.26 Å². The van der Waals surface area contributed by atoms with Crippen LogP contribution in [0.2, 0.25) is 0 Å². The fraction of sp³-hybridized carbons (Fsp3) is 0.586. The Balaban J connectivity index is 1.62. The van der Waals surface area contributed by atoms with Gasteiger partial charge in [-0.2, -0.15) is 0 Å². The molecule has 0 amide bonds. The molecule has 2 aromatic heterocycles. The topological polar surface area (TPSA) is 135 Å². The van der Waals surface area contributed by atoms with Crippen LogP contribution in [0.25, 0.3) is 0 Å². The molecule has 0 atom stereocenters. The Morgan fingerprint density at radius 1 is 0.757 bits per heavy atom. The van der Waals surface area contributed by atoms with Gasteiger partial charge in [-0.3, -0.25) is 19.2 Å². The van der Waals surface area contributed by atoms with Crippen molar-refractivity contribution in [3.63, 3.8) is 0 Å². The molecule has 2 rings (SSSR count). The van der Waals surface area contributed by atoms with Gasteiger partial charge in [0.2, 0.25) is 10.9 Å². The van der Waals surface area contributed by atoms with E-state index in [-0.39, 0.29) is 22.4 Å². The average Bonchev–Trinajstić information content (AvgIpc) is 2.79. The molecule has 2 heterocycles. The summed E-state index contributed by atoms with van der Waals surface area (Å²) in [6, 6.07) is 1.30. The van der Waals surface area contributed by atoms with Gasteiger partial charge in [-0.25, -0.2) is 0 Å². The second kappa shape index (κ2) is 13.4. The largest absolute Gasteiger partial charge is 0.502 e. The van der Waals surface area contributed by atoms with Crippen molar-refractivity contribution in [2.45, 2.75) is 98.3 Å². The number of carbonyl (C=O) groups is 2. The second-order valence-corrected chi connectivity index (χ2v) is 11.5. The van der Waals surface area contributed by atoms with Crippen molar-refractivity contribution in [1.29, 1.82) is 0 Å². The lowest BCUT2D eigenvalue weighted by molar-refractivity contribution is -0.120. The van der Waals surface area contributed by atoms with Gasteiger partial charge in [-0.1, -0.05) is 27.7 Å². The summed E-state index contributed by atoms with van der Waals surface area (Å²) in [6.07, 6.45) is 9.56. The van der Waals surface area contributed by atoms with Crippen molar-refractivity contribution in [2.24, 2.45) is 10.8 Å². The lowest BCUT2D eigenvalue weighted by atomic mass is 9.81. The molecule has 0 aliphatic rings. The summed E-state index contributed by atoms with van der Waals surface area (Å²) in [5, 5.41) is 18.8. The fourth-order valence-electron chi connectivity index (χ4n) is 4.54. The first-order valence-corrected chi connectivity index (χ1v) is 12.9. The Bertz CT molecular complexity index is 1170. The number of Topliss-reactive ketones (excluding diaryl/α,β-unsaturated/α-hetero) is 2. The highest BCUT2D eigenvalue weighted by Gasteiger charge is 2.22. The van der Waals surface area contributed by atoms with Crippen LogP contribution in [0.4, 0.5) is 0 Å². The molecule has 0 aliphatic heterocycles. The summed E-state index contributed by atoms with van der Waals surface area (Å²) >= 11 is 0. The van der Waals surface area contributed by atoms with E-state index in [1.54, 1.807) is 0 Å². The molecule has 0 radical (unpaired) electrons. The van der Waals surface area contributed by atoms with Gasteiger partial charge >= 0.3 is 0 Å². The molecule has 0 saturated carbocycles. The van der Waals surface area contributed by atoms with E-state index in [4.69, 9.17) is 8.83 Å². The fourth-order valence-corrected chi connectivity index (χ4v) is 4.54. The number of hydrogen-bond acceptors (Lipinski definition) is 8. The standard InChI is InChI=1S/C29H40O8/c1-28(2,15-20-17-36-18-26(34)27(20)35)12-6-10-21(30)8-5-9-22(31)11-7-13-29(3,4)16-23-14-24(32)25(33)19-37-23/h14,17-19,33-34H,5-13,15-16H2,1-4H3. The molecule has 0 fully saturated rings. The van der Waals surface area contributed by atoms with E-state index >= 15 is 0 Å². The molecule has 204 valence electrons. The smallest absolute Gasteiger partial charge is 0.229 e. The Hall–Kier alpha value is -3.16. The van der Waals surface area contributed by atoms with Gasteiger partial charge in [0.1, 0.15) is 29.9 Å². The zero-order valence-corrected chi connectivity index (χ0v) is 22.4. The van der Waals surface area contributed by atoms with E-state index in [9.17, 15) is 29.4 Å². The van der Waals surface area contributed by atoms with Crippen LogP contribution in [-0.2, 0) is 22.4 Å². The predicted octanol–water partition coefficient (Wildman–Crippen LogP) is 5.49. The summed E-state index contributed by atoms with van der Waals surface area (Å²) in [5.74, 6) is -0.0189. The highest BCUT2D eigenvalue weighted by molar-refractivity contribution is 5.81. The van der Waals surface area contributed by atoms with Crippen molar-refractivity contribution < 1.29 is 28.6 Å². The maximum Gasteiger partial charge on any atom is 0.229 e. The van der Waals surface area contributed by atoms with Crippen molar-refractivity contribution in [3.8, 4) is 11.5 Å². The molecule has 0 unspecified atom stereocenters. The van der Waals surface area contributed by atoms with Gasteiger partial charge in [0, 0.05) is 43.7 Å². The Labute approximate surface area is 217 Å². The summed E-state index contributed by atoms with van der Waals surface area (Å²) in [4.78, 5) is 48.1.